The number of rotatable bonds is 9. The zero-order valence-corrected chi connectivity index (χ0v) is 16.8. The summed E-state index contributed by atoms with van der Waals surface area (Å²) in [6.07, 6.45) is 10.4. The van der Waals surface area contributed by atoms with Crippen molar-refractivity contribution in [1.29, 1.82) is 0 Å². The van der Waals surface area contributed by atoms with E-state index in [4.69, 9.17) is 0 Å². The predicted molar refractivity (Wildman–Crippen MR) is 92.1 cm³/mol. The third-order valence-corrected chi connectivity index (χ3v) is 17.1. The summed E-state index contributed by atoms with van der Waals surface area (Å²) in [6.45, 7) is 11.2. The molecule has 0 heterocycles. The van der Waals surface area contributed by atoms with E-state index >= 15 is 0 Å². The topological polar surface area (TPSA) is 0 Å². The average molecular weight is 369 g/mol. The SMILES string of the molecule is C/C=C(/C)C#[C][Sn]([CH2]CCC)([CH2]CCC)[CH2]CCC. The summed E-state index contributed by atoms with van der Waals surface area (Å²) in [5, 5.41) is 0. The van der Waals surface area contributed by atoms with Crippen molar-refractivity contribution in [2.24, 2.45) is 0 Å². The Morgan fingerprint density at radius 2 is 1.32 bits per heavy atom. The second kappa shape index (κ2) is 11.9. The van der Waals surface area contributed by atoms with Crippen LogP contribution in [-0.2, 0) is 0 Å². The molecule has 0 aliphatic rings. The standard InChI is InChI=1S/C6H7.3C4H9.Sn/c1-4-6(3)5-2;3*1-3-4-2;/h4H,1,3H3;3*1,3-4H2,2H3;/b6-4-;;;;. The molecule has 0 atom stereocenters. The zero-order valence-electron chi connectivity index (χ0n) is 13.9. The maximum atomic E-state index is 3.88. The summed E-state index contributed by atoms with van der Waals surface area (Å²) in [7, 11) is 0. The van der Waals surface area contributed by atoms with Crippen LogP contribution in [0.3, 0.4) is 0 Å². The van der Waals surface area contributed by atoms with E-state index in [1.165, 1.54) is 57.4 Å². The molecule has 0 aromatic rings. The molecule has 0 amide bonds. The molecule has 0 aromatic heterocycles. The fourth-order valence-electron chi connectivity index (χ4n) is 2.41. The van der Waals surface area contributed by atoms with E-state index in [9.17, 15) is 0 Å². The third-order valence-electron chi connectivity index (χ3n) is 3.98. The van der Waals surface area contributed by atoms with E-state index in [-0.39, 0.29) is 0 Å². The maximum absolute atomic E-state index is 3.88. The van der Waals surface area contributed by atoms with Crippen LogP contribution in [0.5, 0.6) is 0 Å². The first-order chi connectivity index (χ1) is 9.14. The Morgan fingerprint density at radius 3 is 1.63 bits per heavy atom. The van der Waals surface area contributed by atoms with Gasteiger partial charge in [0.2, 0.25) is 0 Å². The second-order valence-electron chi connectivity index (χ2n) is 5.81. The van der Waals surface area contributed by atoms with Gasteiger partial charge in [0.15, 0.2) is 0 Å². The van der Waals surface area contributed by atoms with Gasteiger partial charge < -0.3 is 0 Å². The van der Waals surface area contributed by atoms with Gasteiger partial charge in [-0.25, -0.2) is 0 Å². The molecule has 1 heteroatoms. The summed E-state index contributed by atoms with van der Waals surface area (Å²) in [5.74, 6) is 3.50. The van der Waals surface area contributed by atoms with Crippen molar-refractivity contribution in [1.82, 2.24) is 0 Å². The molecule has 0 aliphatic heterocycles. The minimum atomic E-state index is -2.17. The minimum absolute atomic E-state index is 1.27. The molecule has 0 aliphatic carbocycles. The first kappa shape index (κ1) is 19.1. The van der Waals surface area contributed by atoms with E-state index in [2.05, 4.69) is 50.6 Å². The number of allylic oxidation sites excluding steroid dienone is 2. The molecule has 0 saturated carbocycles. The summed E-state index contributed by atoms with van der Waals surface area (Å²) < 4.78 is 8.37. The van der Waals surface area contributed by atoms with Gasteiger partial charge in [-0.05, 0) is 0 Å². The summed E-state index contributed by atoms with van der Waals surface area (Å²) in [5.41, 5.74) is 1.27. The summed E-state index contributed by atoms with van der Waals surface area (Å²) in [4.78, 5) is 0. The van der Waals surface area contributed by atoms with Gasteiger partial charge in [-0.2, -0.15) is 0 Å². The molecule has 0 unspecified atom stereocenters. The Hall–Kier alpha value is 0.0987. The van der Waals surface area contributed by atoms with Gasteiger partial charge in [0.25, 0.3) is 0 Å². The van der Waals surface area contributed by atoms with Crippen LogP contribution in [0, 0.1) is 9.86 Å². The van der Waals surface area contributed by atoms with Crippen molar-refractivity contribution < 1.29 is 0 Å². The number of unbranched alkanes of at least 4 members (excludes halogenated alkanes) is 3. The molecule has 0 rings (SSSR count). The quantitative estimate of drug-likeness (QED) is 0.328. The Labute approximate surface area is 126 Å². The molecule has 0 spiro atoms. The van der Waals surface area contributed by atoms with Crippen LogP contribution in [-0.4, -0.2) is 18.4 Å². The summed E-state index contributed by atoms with van der Waals surface area (Å²) >= 11 is -2.17. The Kier molecular flexibility index (Phi) is 11.9. The molecule has 0 saturated heterocycles. The van der Waals surface area contributed by atoms with Crippen LogP contribution < -0.4 is 0 Å². The Balaban J connectivity index is 5.00. The number of hydrogen-bond acceptors (Lipinski definition) is 0. The normalized spacial score (nSPS) is 12.2. The van der Waals surface area contributed by atoms with Gasteiger partial charge in [-0.1, -0.05) is 0 Å². The van der Waals surface area contributed by atoms with E-state index in [0.717, 1.165) is 0 Å². The molecule has 0 radical (unpaired) electrons. The molecule has 0 bridgehead atoms. The Bertz CT molecular complexity index is 282. The first-order valence-corrected chi connectivity index (χ1v) is 15.8. The first-order valence-electron chi connectivity index (χ1n) is 8.30. The molecular formula is C18H34Sn. The monoisotopic (exact) mass is 370 g/mol. The van der Waals surface area contributed by atoms with E-state index in [1.54, 1.807) is 0 Å². The predicted octanol–water partition coefficient (Wildman–Crippen LogP) is 6.34. The van der Waals surface area contributed by atoms with Crippen molar-refractivity contribution in [3.63, 3.8) is 0 Å². The fraction of sp³-hybridized carbons (Fsp3) is 0.778. The number of hydrogen-bond donors (Lipinski definition) is 0. The molecule has 0 fully saturated rings. The van der Waals surface area contributed by atoms with E-state index in [1.807, 2.05) is 0 Å². The van der Waals surface area contributed by atoms with Gasteiger partial charge in [0.1, 0.15) is 0 Å². The Morgan fingerprint density at radius 1 is 0.895 bits per heavy atom. The third kappa shape index (κ3) is 8.79. The average Bonchev–Trinajstić information content (AvgIpc) is 2.45. The molecule has 0 aromatic carbocycles. The van der Waals surface area contributed by atoms with Crippen molar-refractivity contribution in [3.05, 3.63) is 11.6 Å². The second-order valence-corrected chi connectivity index (χ2v) is 18.1. The van der Waals surface area contributed by atoms with Gasteiger partial charge in [-0.15, -0.1) is 0 Å². The molecule has 19 heavy (non-hydrogen) atoms. The fourth-order valence-corrected chi connectivity index (χ4v) is 15.8. The van der Waals surface area contributed by atoms with Crippen LogP contribution in [0.25, 0.3) is 0 Å². The van der Waals surface area contributed by atoms with Gasteiger partial charge in [-0.3, -0.25) is 0 Å². The van der Waals surface area contributed by atoms with E-state index in [0.29, 0.717) is 0 Å². The zero-order chi connectivity index (χ0) is 14.6. The van der Waals surface area contributed by atoms with Gasteiger partial charge in [0, 0.05) is 0 Å². The van der Waals surface area contributed by atoms with Crippen LogP contribution in [0.15, 0.2) is 11.6 Å². The van der Waals surface area contributed by atoms with Gasteiger partial charge in [0.05, 0.1) is 0 Å². The summed E-state index contributed by atoms with van der Waals surface area (Å²) in [6, 6.07) is 0. The van der Waals surface area contributed by atoms with Crippen molar-refractivity contribution in [2.75, 3.05) is 0 Å². The molecular weight excluding hydrogens is 335 g/mol. The van der Waals surface area contributed by atoms with Crippen LogP contribution >= 0.6 is 0 Å². The van der Waals surface area contributed by atoms with Crippen LogP contribution in [0.4, 0.5) is 0 Å². The van der Waals surface area contributed by atoms with E-state index < -0.39 is 18.4 Å². The van der Waals surface area contributed by atoms with Crippen molar-refractivity contribution in [2.45, 2.75) is 86.5 Å². The molecule has 0 nitrogen and oxygen atoms in total. The van der Waals surface area contributed by atoms with Crippen molar-refractivity contribution >= 4 is 18.4 Å². The van der Waals surface area contributed by atoms with Crippen molar-refractivity contribution in [3.8, 4) is 9.86 Å². The van der Waals surface area contributed by atoms with Gasteiger partial charge >= 0.3 is 126 Å². The van der Waals surface area contributed by atoms with Crippen LogP contribution in [0.1, 0.15) is 73.1 Å². The molecule has 110 valence electrons. The molecule has 0 N–H and O–H groups in total. The van der Waals surface area contributed by atoms with Crippen LogP contribution in [0.2, 0.25) is 13.3 Å².